The molecule has 1 amide bonds. The second-order valence-corrected chi connectivity index (χ2v) is 8.66. The van der Waals surface area contributed by atoms with Gasteiger partial charge in [0.15, 0.2) is 0 Å². The molecule has 3 fully saturated rings. The Balaban J connectivity index is 0.000000216. The minimum atomic E-state index is -4.76. The molecule has 4 rings (SSSR count). The van der Waals surface area contributed by atoms with Gasteiger partial charge >= 0.3 is 12.1 Å². The van der Waals surface area contributed by atoms with E-state index in [4.69, 9.17) is 5.11 Å². The number of rotatable bonds is 6. The molecule has 4 nitrogen and oxygen atoms in total. The highest BCUT2D eigenvalue weighted by Crippen LogP contribution is 2.52. The van der Waals surface area contributed by atoms with Gasteiger partial charge in [-0.05, 0) is 43.1 Å². The molecule has 1 aromatic carbocycles. The van der Waals surface area contributed by atoms with Crippen molar-refractivity contribution >= 4 is 12.0 Å². The molecule has 1 spiro atoms. The quantitative estimate of drug-likeness (QED) is 0.748. The number of halogens is 3. The van der Waals surface area contributed by atoms with Crippen LogP contribution in [0.2, 0.25) is 0 Å². The van der Waals surface area contributed by atoms with Crippen LogP contribution in [0.15, 0.2) is 36.4 Å². The Bertz CT molecular complexity index is 718. The third kappa shape index (κ3) is 5.64. The summed E-state index contributed by atoms with van der Waals surface area (Å²) in [6.45, 7) is 4.55. The molecule has 3 aliphatic rings. The topological polar surface area (TPSA) is 43.8 Å². The summed E-state index contributed by atoms with van der Waals surface area (Å²) in [5.41, 5.74) is 1.38. The maximum atomic E-state index is 12.6. The van der Waals surface area contributed by atoms with Gasteiger partial charge in [-0.15, -0.1) is 0 Å². The van der Waals surface area contributed by atoms with Crippen LogP contribution in [0.3, 0.4) is 0 Å². The maximum Gasteiger partial charge on any atom is 0.471 e. The third-order valence-corrected chi connectivity index (χ3v) is 6.03. The van der Waals surface area contributed by atoms with Crippen molar-refractivity contribution in [2.75, 3.05) is 26.2 Å². The molecule has 0 atom stereocenters. The van der Waals surface area contributed by atoms with Gasteiger partial charge in [0.2, 0.25) is 0 Å². The van der Waals surface area contributed by atoms with E-state index < -0.39 is 12.1 Å². The van der Waals surface area contributed by atoms with Crippen molar-refractivity contribution in [1.29, 1.82) is 0 Å². The molecule has 166 valence electrons. The van der Waals surface area contributed by atoms with E-state index in [-0.39, 0.29) is 24.1 Å². The number of nitrogens with zero attached hydrogens (tertiary/aromatic N) is 2. The number of alkyl halides is 3. The third-order valence-electron chi connectivity index (χ3n) is 6.03. The second kappa shape index (κ2) is 9.52. The van der Waals surface area contributed by atoms with Gasteiger partial charge in [0.1, 0.15) is 0 Å². The van der Waals surface area contributed by atoms with E-state index in [0.29, 0.717) is 32.2 Å². The van der Waals surface area contributed by atoms with E-state index in [0.717, 1.165) is 24.4 Å². The number of benzene rings is 1. The van der Waals surface area contributed by atoms with Crippen molar-refractivity contribution in [3.63, 3.8) is 0 Å². The summed E-state index contributed by atoms with van der Waals surface area (Å²) in [5.74, 6) is -1.66. The number of β-amino-alcohol motifs (C(OH)–C–C–N with tert-alkyl or cyclic N) is 1. The standard InChI is InChI=1S/C13H19F3N2O2.C10H12/c14-13(15,16)11(20)18(9-1-2-9)10-5-12(6-10)7-17(8-12)3-4-19;1-2-3-7-10-8-5-4-6-9-10/h9-10,19H,1-8H2;3-9H,2H2,1H3/b;7-3-. The van der Waals surface area contributed by atoms with Gasteiger partial charge in [0.25, 0.3) is 0 Å². The average molecular weight is 425 g/mol. The summed E-state index contributed by atoms with van der Waals surface area (Å²) in [6, 6.07) is 9.90. The number of amides is 1. The van der Waals surface area contributed by atoms with Crippen molar-refractivity contribution in [3.05, 3.63) is 42.0 Å². The molecule has 0 aromatic heterocycles. The molecule has 2 saturated carbocycles. The largest absolute Gasteiger partial charge is 0.471 e. The van der Waals surface area contributed by atoms with E-state index in [2.05, 4.69) is 48.2 Å². The SMILES string of the molecule is CC/C=C\c1ccccc1.O=C(N(C1CC1)C1CC2(C1)CN(CCO)C2)C(F)(F)F. The summed E-state index contributed by atoms with van der Waals surface area (Å²) in [5, 5.41) is 8.83. The van der Waals surface area contributed by atoms with Gasteiger partial charge in [-0.1, -0.05) is 49.4 Å². The molecule has 30 heavy (non-hydrogen) atoms. The van der Waals surface area contributed by atoms with E-state index in [9.17, 15) is 18.0 Å². The van der Waals surface area contributed by atoms with Crippen LogP contribution in [-0.4, -0.2) is 65.3 Å². The number of allylic oxidation sites excluding steroid dienone is 1. The molecular weight excluding hydrogens is 393 g/mol. The molecule has 1 N–H and O–H groups in total. The Kier molecular flexibility index (Phi) is 7.24. The second-order valence-electron chi connectivity index (χ2n) is 8.66. The van der Waals surface area contributed by atoms with E-state index in [1.807, 2.05) is 6.07 Å². The lowest BCUT2D eigenvalue weighted by molar-refractivity contribution is -0.197. The van der Waals surface area contributed by atoms with Crippen molar-refractivity contribution in [2.24, 2.45) is 5.41 Å². The van der Waals surface area contributed by atoms with E-state index >= 15 is 0 Å². The minimum absolute atomic E-state index is 0.0961. The summed E-state index contributed by atoms with van der Waals surface area (Å²) in [6.07, 6.45) is 3.39. The molecule has 1 heterocycles. The molecule has 0 radical (unpaired) electrons. The number of hydrogen-bond acceptors (Lipinski definition) is 3. The monoisotopic (exact) mass is 424 g/mol. The van der Waals surface area contributed by atoms with Crippen molar-refractivity contribution in [2.45, 2.75) is 57.3 Å². The van der Waals surface area contributed by atoms with Crippen molar-refractivity contribution < 1.29 is 23.1 Å². The highest BCUT2D eigenvalue weighted by atomic mass is 19.4. The Morgan fingerprint density at radius 2 is 1.83 bits per heavy atom. The predicted molar refractivity (Wildman–Crippen MR) is 111 cm³/mol. The molecule has 1 saturated heterocycles. The minimum Gasteiger partial charge on any atom is -0.395 e. The van der Waals surface area contributed by atoms with E-state index in [1.54, 1.807) is 0 Å². The molecule has 2 aliphatic carbocycles. The van der Waals surface area contributed by atoms with Crippen LogP contribution in [0.5, 0.6) is 0 Å². The number of hydrogen-bond donors (Lipinski definition) is 1. The molecule has 0 unspecified atom stereocenters. The van der Waals surface area contributed by atoms with Gasteiger partial charge in [-0.25, -0.2) is 0 Å². The van der Waals surface area contributed by atoms with Crippen LogP contribution in [-0.2, 0) is 4.79 Å². The van der Waals surface area contributed by atoms with Gasteiger partial charge < -0.3 is 10.0 Å². The normalized spacial score (nSPS) is 21.0. The lowest BCUT2D eigenvalue weighted by Crippen LogP contribution is -2.68. The zero-order valence-electron chi connectivity index (χ0n) is 17.4. The lowest BCUT2D eigenvalue weighted by Gasteiger charge is -2.61. The van der Waals surface area contributed by atoms with Gasteiger partial charge in [-0.3, -0.25) is 9.69 Å². The predicted octanol–water partition coefficient (Wildman–Crippen LogP) is 4.11. The number of aliphatic hydroxyl groups is 1. The van der Waals surface area contributed by atoms with E-state index in [1.165, 1.54) is 5.56 Å². The lowest BCUT2D eigenvalue weighted by atomic mass is 9.60. The van der Waals surface area contributed by atoms with Crippen molar-refractivity contribution in [1.82, 2.24) is 9.80 Å². The fourth-order valence-corrected chi connectivity index (χ4v) is 4.54. The first-order chi connectivity index (χ1) is 14.3. The molecule has 1 aliphatic heterocycles. The van der Waals surface area contributed by atoms with Crippen LogP contribution in [0.1, 0.15) is 44.6 Å². The number of carbonyl (C=O) groups is 1. The van der Waals surface area contributed by atoms with Gasteiger partial charge in [-0.2, -0.15) is 13.2 Å². The highest BCUT2D eigenvalue weighted by molar-refractivity contribution is 5.83. The van der Waals surface area contributed by atoms with Crippen LogP contribution in [0.25, 0.3) is 6.08 Å². The number of carbonyl (C=O) groups excluding carboxylic acids is 1. The number of aliphatic hydroxyl groups excluding tert-OH is 1. The first kappa shape index (κ1) is 22.8. The smallest absolute Gasteiger partial charge is 0.395 e. The van der Waals surface area contributed by atoms with Crippen LogP contribution < -0.4 is 0 Å². The molecule has 7 heteroatoms. The maximum absolute atomic E-state index is 12.6. The Morgan fingerprint density at radius 1 is 1.20 bits per heavy atom. The molecule has 0 bridgehead atoms. The average Bonchev–Trinajstić information content (AvgIpc) is 3.48. The Morgan fingerprint density at radius 3 is 2.33 bits per heavy atom. The Labute approximate surface area is 176 Å². The Hall–Kier alpha value is -1.86. The summed E-state index contributed by atoms with van der Waals surface area (Å²) in [4.78, 5) is 14.7. The number of likely N-dealkylation sites (tertiary alicyclic amines) is 1. The fourth-order valence-electron chi connectivity index (χ4n) is 4.54. The highest BCUT2D eigenvalue weighted by Gasteiger charge is 2.58. The first-order valence-corrected chi connectivity index (χ1v) is 10.7. The fraction of sp³-hybridized carbons (Fsp3) is 0.609. The zero-order chi connectivity index (χ0) is 21.8. The summed E-state index contributed by atoms with van der Waals surface area (Å²) in [7, 11) is 0. The molecular formula is C23H31F3N2O2. The van der Waals surface area contributed by atoms with Gasteiger partial charge in [0, 0.05) is 31.7 Å². The first-order valence-electron chi connectivity index (χ1n) is 10.7. The van der Waals surface area contributed by atoms with Crippen LogP contribution >= 0.6 is 0 Å². The summed E-state index contributed by atoms with van der Waals surface area (Å²) < 4.78 is 37.9. The molecule has 1 aromatic rings. The van der Waals surface area contributed by atoms with Gasteiger partial charge in [0.05, 0.1) is 6.61 Å². The van der Waals surface area contributed by atoms with Crippen molar-refractivity contribution in [3.8, 4) is 0 Å². The van der Waals surface area contributed by atoms with Crippen LogP contribution in [0, 0.1) is 5.41 Å². The van der Waals surface area contributed by atoms with Crippen LogP contribution in [0.4, 0.5) is 13.2 Å². The summed E-state index contributed by atoms with van der Waals surface area (Å²) >= 11 is 0. The zero-order valence-corrected chi connectivity index (χ0v) is 17.4.